The van der Waals surface area contributed by atoms with Crippen LogP contribution in [0.25, 0.3) is 11.0 Å². The summed E-state index contributed by atoms with van der Waals surface area (Å²) in [5.41, 5.74) is 1.27. The van der Waals surface area contributed by atoms with Crippen LogP contribution in [0.1, 0.15) is 27.7 Å². The largest absolute Gasteiger partial charge is 0.598 e. The second-order valence-electron chi connectivity index (χ2n) is 5.89. The van der Waals surface area contributed by atoms with Crippen molar-refractivity contribution in [3.63, 3.8) is 0 Å². The standard InChI is InChI=1S/C13H16BN2O2.Al/c1-12(2)13(3,4)18-14(17-12)16-9-15-10-7-5-6-8-11(10)16;/h5-8H,1-4H3;. The molecule has 0 atom stereocenters. The fourth-order valence-electron chi connectivity index (χ4n) is 2.20. The van der Waals surface area contributed by atoms with E-state index in [1.165, 1.54) is 0 Å². The highest BCUT2D eigenvalue weighted by Gasteiger charge is 2.53. The smallest absolute Gasteiger partial charge is 0.384 e. The van der Waals surface area contributed by atoms with E-state index in [9.17, 15) is 0 Å². The molecule has 2 aromatic rings. The van der Waals surface area contributed by atoms with Gasteiger partial charge in [0, 0.05) is 0 Å². The van der Waals surface area contributed by atoms with Crippen molar-refractivity contribution in [2.24, 2.45) is 0 Å². The maximum absolute atomic E-state index is 6.08. The minimum Gasteiger partial charge on any atom is -0.384 e. The second kappa shape index (κ2) is 4.10. The zero-order chi connectivity index (χ0) is 13.8. The summed E-state index contributed by atoms with van der Waals surface area (Å²) >= 11 is 2.65. The number of para-hydroxylation sites is 2. The van der Waals surface area contributed by atoms with E-state index in [-0.39, 0.29) is 11.2 Å². The lowest BCUT2D eigenvalue weighted by Gasteiger charge is -2.32. The van der Waals surface area contributed by atoms with Gasteiger partial charge in [-0.05, 0) is 44.5 Å². The van der Waals surface area contributed by atoms with Crippen LogP contribution in [0, 0.1) is 0 Å². The minimum atomic E-state index is -0.440. The van der Waals surface area contributed by atoms with Gasteiger partial charge in [0.05, 0.1) is 22.2 Å². The van der Waals surface area contributed by atoms with Gasteiger partial charge in [-0.25, -0.2) is 0 Å². The van der Waals surface area contributed by atoms with Crippen LogP contribution in [-0.4, -0.2) is 44.2 Å². The molecule has 96 valence electrons. The molecule has 1 saturated heterocycles. The molecule has 0 spiro atoms. The molecule has 19 heavy (non-hydrogen) atoms. The van der Waals surface area contributed by atoms with Gasteiger partial charge in [-0.1, -0.05) is 12.1 Å². The van der Waals surface area contributed by atoms with E-state index < -0.39 is 7.25 Å². The monoisotopic (exact) mass is 270 g/mol. The topological polar surface area (TPSA) is 36.3 Å². The first-order valence-corrected chi connectivity index (χ1v) is 6.98. The Hall–Kier alpha value is -0.793. The molecule has 0 unspecified atom stereocenters. The maximum atomic E-state index is 6.08. The number of hydrogen-bond acceptors (Lipinski definition) is 3. The average molecular weight is 270 g/mol. The number of nitrogens with zero attached hydrogens (tertiary/aromatic N) is 2. The number of aromatic nitrogens is 2. The number of fused-ring (bicyclic) bond motifs is 1. The molecule has 6 heteroatoms. The lowest BCUT2D eigenvalue weighted by Crippen LogP contribution is -2.41. The normalized spacial score (nSPS) is 21.2. The molecule has 0 saturated carbocycles. The van der Waals surface area contributed by atoms with Crippen LogP contribution >= 0.6 is 0 Å². The van der Waals surface area contributed by atoms with Crippen LogP contribution in [-0.2, 0) is 9.31 Å². The molecule has 0 aliphatic carbocycles. The van der Waals surface area contributed by atoms with E-state index in [2.05, 4.69) is 49.0 Å². The molecule has 0 N–H and O–H groups in total. The van der Waals surface area contributed by atoms with Gasteiger partial charge in [0.15, 0.2) is 0 Å². The quantitative estimate of drug-likeness (QED) is 0.732. The van der Waals surface area contributed by atoms with Crippen molar-refractivity contribution in [1.29, 1.82) is 0 Å². The Labute approximate surface area is 121 Å². The Bertz CT molecular complexity index is 623. The van der Waals surface area contributed by atoms with Crippen molar-refractivity contribution in [2.75, 3.05) is 0 Å². The zero-order valence-corrected chi connectivity index (χ0v) is 12.8. The number of benzene rings is 1. The third kappa shape index (κ3) is 1.95. The fourth-order valence-corrected chi connectivity index (χ4v) is 2.60. The predicted octanol–water partition coefficient (Wildman–Crippen LogP) is 1.27. The molecule has 1 fully saturated rings. The fraction of sp³-hybridized carbons (Fsp3) is 0.462. The first-order chi connectivity index (χ1) is 8.82. The van der Waals surface area contributed by atoms with Crippen molar-refractivity contribution < 1.29 is 9.31 Å². The van der Waals surface area contributed by atoms with Crippen molar-refractivity contribution >= 4 is 39.3 Å². The van der Waals surface area contributed by atoms with E-state index in [0.29, 0.717) is 0 Å². The summed E-state index contributed by atoms with van der Waals surface area (Å²) in [5, 5.41) is 0. The predicted molar refractivity (Wildman–Crippen MR) is 76.6 cm³/mol. The van der Waals surface area contributed by atoms with Crippen molar-refractivity contribution in [3.8, 4) is 0 Å². The van der Waals surface area contributed by atoms with E-state index >= 15 is 0 Å². The third-order valence-corrected chi connectivity index (χ3v) is 4.48. The average Bonchev–Trinajstić information content (AvgIpc) is 2.72. The van der Waals surface area contributed by atoms with Crippen LogP contribution in [0.2, 0.25) is 0 Å². The van der Waals surface area contributed by atoms with E-state index in [0.717, 1.165) is 15.7 Å². The highest BCUT2D eigenvalue weighted by atomic mass is 27.0. The first kappa shape index (κ1) is 13.2. The molecule has 0 bridgehead atoms. The first-order valence-electron chi connectivity index (χ1n) is 6.40. The highest BCUT2D eigenvalue weighted by molar-refractivity contribution is 6.49. The molecule has 3 rings (SSSR count). The lowest BCUT2D eigenvalue weighted by atomic mass is 9.90. The second-order valence-corrected chi connectivity index (χ2v) is 6.41. The molecule has 4 nitrogen and oxygen atoms in total. The van der Waals surface area contributed by atoms with E-state index in [1.807, 2.05) is 28.7 Å². The summed E-state index contributed by atoms with van der Waals surface area (Å²) in [6, 6.07) is 8.00. The summed E-state index contributed by atoms with van der Waals surface area (Å²) in [5.74, 6) is 0. The van der Waals surface area contributed by atoms with Crippen LogP contribution < -0.4 is 4.69 Å². The Kier molecular flexibility index (Phi) is 2.85. The highest BCUT2D eigenvalue weighted by Crippen LogP contribution is 2.37. The van der Waals surface area contributed by atoms with Gasteiger partial charge < -0.3 is 13.8 Å². The summed E-state index contributed by atoms with van der Waals surface area (Å²) in [4.78, 5) is 4.52. The van der Waals surface area contributed by atoms with Gasteiger partial charge >= 0.3 is 7.25 Å². The van der Waals surface area contributed by atoms with Crippen LogP contribution in [0.4, 0.5) is 0 Å². The number of hydrogen-bond donors (Lipinski definition) is 0. The van der Waals surface area contributed by atoms with Crippen molar-refractivity contribution in [1.82, 2.24) is 9.46 Å². The van der Waals surface area contributed by atoms with Gasteiger partial charge in [-0.15, -0.1) is 0 Å². The van der Waals surface area contributed by atoms with E-state index in [4.69, 9.17) is 9.31 Å². The summed E-state index contributed by atoms with van der Waals surface area (Å²) < 4.78 is 15.0. The molecular weight excluding hydrogens is 254 g/mol. The molecule has 1 aromatic carbocycles. The van der Waals surface area contributed by atoms with Gasteiger partial charge in [-0.3, -0.25) is 4.98 Å². The number of rotatable bonds is 1. The lowest BCUT2D eigenvalue weighted by molar-refractivity contribution is 0.00578. The molecule has 2 heterocycles. The van der Waals surface area contributed by atoms with Crippen LogP contribution in [0.5, 0.6) is 0 Å². The minimum absolute atomic E-state index is 0.347. The van der Waals surface area contributed by atoms with Crippen molar-refractivity contribution in [2.45, 2.75) is 38.9 Å². The Morgan fingerprint density at radius 1 is 1.11 bits per heavy atom. The SMILES string of the molecule is CC1(C)OB(n2[c]([Al])nc3ccccc32)OC1(C)C. The van der Waals surface area contributed by atoms with Gasteiger partial charge in [0.2, 0.25) is 16.3 Å². The van der Waals surface area contributed by atoms with Crippen molar-refractivity contribution in [3.05, 3.63) is 24.3 Å². The zero-order valence-electron chi connectivity index (χ0n) is 11.7. The maximum Gasteiger partial charge on any atom is 0.598 e. The van der Waals surface area contributed by atoms with Crippen LogP contribution in [0.15, 0.2) is 24.3 Å². The molecule has 2 radical (unpaired) electrons. The third-order valence-electron chi connectivity index (χ3n) is 4.07. The molecule has 1 aliphatic heterocycles. The molecular formula is C13H16AlBN2O2. The van der Waals surface area contributed by atoms with Crippen LogP contribution in [0.3, 0.4) is 0 Å². The molecule has 1 aliphatic rings. The summed E-state index contributed by atoms with van der Waals surface area (Å²) in [6.45, 7) is 8.20. The molecule has 0 amide bonds. The van der Waals surface area contributed by atoms with Gasteiger partial charge in [-0.2, -0.15) is 0 Å². The van der Waals surface area contributed by atoms with E-state index in [1.54, 1.807) is 0 Å². The van der Waals surface area contributed by atoms with Gasteiger partial charge in [0.25, 0.3) is 0 Å². The Morgan fingerprint density at radius 3 is 2.32 bits per heavy atom. The Morgan fingerprint density at radius 2 is 1.68 bits per heavy atom. The summed E-state index contributed by atoms with van der Waals surface area (Å²) in [6.07, 6.45) is 0. The van der Waals surface area contributed by atoms with Gasteiger partial charge in [0.1, 0.15) is 0 Å². The number of imidazole rings is 1. The molecule has 1 aromatic heterocycles. The Balaban J connectivity index is 2.10. The summed E-state index contributed by atoms with van der Waals surface area (Å²) in [7, 11) is -0.440.